The van der Waals surface area contributed by atoms with Crippen LogP contribution in [0.15, 0.2) is 12.1 Å². The summed E-state index contributed by atoms with van der Waals surface area (Å²) in [5, 5.41) is 10.5. The van der Waals surface area contributed by atoms with Gasteiger partial charge in [0.05, 0.1) is 4.92 Å². The van der Waals surface area contributed by atoms with Gasteiger partial charge in [-0.25, -0.2) is 9.18 Å². The van der Waals surface area contributed by atoms with Gasteiger partial charge in [-0.2, -0.15) is 0 Å². The molecule has 104 valence electrons. The van der Waals surface area contributed by atoms with Crippen LogP contribution < -0.4 is 0 Å². The number of hydrogen-bond acceptors (Lipinski definition) is 4. The molecule has 1 aromatic rings. The maximum atomic E-state index is 13.7. The van der Waals surface area contributed by atoms with Crippen molar-refractivity contribution in [1.29, 1.82) is 0 Å². The molecule has 1 rings (SSSR count). The van der Waals surface area contributed by atoms with E-state index in [9.17, 15) is 32.5 Å². The number of nitro groups is 1. The monoisotopic (exact) mass is 281 g/mol. The quantitative estimate of drug-likeness (QED) is 0.369. The number of carbonyl (C=O) groups is 1. The Kier molecular flexibility index (Phi) is 4.07. The molecule has 0 aliphatic heterocycles. The van der Waals surface area contributed by atoms with Crippen LogP contribution in [0.4, 0.5) is 23.2 Å². The molecule has 0 amide bonds. The van der Waals surface area contributed by atoms with E-state index in [1.807, 2.05) is 0 Å². The Morgan fingerprint density at radius 3 is 2.42 bits per heavy atom. The molecule has 0 saturated carbocycles. The summed E-state index contributed by atoms with van der Waals surface area (Å²) in [6, 6.07) is 1.25. The topological polar surface area (TPSA) is 69.4 Å². The zero-order valence-corrected chi connectivity index (χ0v) is 9.45. The Morgan fingerprint density at radius 2 is 2.00 bits per heavy atom. The minimum atomic E-state index is -5.29. The third kappa shape index (κ3) is 3.63. The lowest BCUT2D eigenvalue weighted by molar-refractivity contribution is -0.385. The van der Waals surface area contributed by atoms with Crippen molar-refractivity contribution in [2.24, 2.45) is 0 Å². The van der Waals surface area contributed by atoms with E-state index >= 15 is 0 Å². The van der Waals surface area contributed by atoms with Crippen molar-refractivity contribution >= 4 is 11.7 Å². The van der Waals surface area contributed by atoms with Crippen molar-refractivity contribution in [3.63, 3.8) is 0 Å². The molecule has 0 aromatic heterocycles. The van der Waals surface area contributed by atoms with Crippen molar-refractivity contribution in [3.8, 4) is 0 Å². The van der Waals surface area contributed by atoms with Crippen molar-refractivity contribution in [3.05, 3.63) is 39.2 Å². The lowest BCUT2D eigenvalue weighted by Gasteiger charge is -2.09. The summed E-state index contributed by atoms with van der Waals surface area (Å²) < 4.78 is 52.3. The van der Waals surface area contributed by atoms with E-state index in [1.54, 1.807) is 0 Å². The van der Waals surface area contributed by atoms with Crippen LogP contribution in [-0.4, -0.2) is 17.3 Å². The third-order valence-electron chi connectivity index (χ3n) is 2.15. The van der Waals surface area contributed by atoms with Gasteiger partial charge in [-0.15, -0.1) is 13.2 Å². The molecule has 1 aromatic carbocycles. The van der Waals surface area contributed by atoms with E-state index in [1.165, 1.54) is 6.92 Å². The van der Waals surface area contributed by atoms with Crippen molar-refractivity contribution in [2.45, 2.75) is 19.7 Å². The van der Waals surface area contributed by atoms with Gasteiger partial charge in [0.2, 0.25) is 0 Å². The number of esters is 1. The number of non-ortho nitro benzene ring substituents is 1. The van der Waals surface area contributed by atoms with Gasteiger partial charge in [0, 0.05) is 12.1 Å². The van der Waals surface area contributed by atoms with E-state index in [0.29, 0.717) is 6.07 Å². The molecule has 0 radical (unpaired) electrons. The molecular formula is C10H7F4NO4. The number of nitro benzene ring substituents is 1. The van der Waals surface area contributed by atoms with Crippen LogP contribution in [0.5, 0.6) is 0 Å². The number of alkyl halides is 3. The standard InChI is InChI=1S/C10H7F4NO4/c1-2-5-3-6(15(17)18)4-7(8(5)11)9(16)19-10(12,13)14/h3-4H,2H2,1H3. The minimum Gasteiger partial charge on any atom is -0.369 e. The molecular weight excluding hydrogens is 274 g/mol. The maximum Gasteiger partial charge on any atom is 0.575 e. The normalized spacial score (nSPS) is 11.2. The Morgan fingerprint density at radius 1 is 1.42 bits per heavy atom. The minimum absolute atomic E-state index is 0.0280. The molecule has 0 unspecified atom stereocenters. The summed E-state index contributed by atoms with van der Waals surface area (Å²) in [6.07, 6.45) is -5.32. The second kappa shape index (κ2) is 5.21. The lowest BCUT2D eigenvalue weighted by atomic mass is 10.1. The number of rotatable bonds is 3. The van der Waals surface area contributed by atoms with Gasteiger partial charge in [0.25, 0.3) is 5.69 Å². The van der Waals surface area contributed by atoms with Gasteiger partial charge < -0.3 is 4.74 Å². The molecule has 5 nitrogen and oxygen atoms in total. The van der Waals surface area contributed by atoms with Gasteiger partial charge >= 0.3 is 12.3 Å². The molecule has 0 spiro atoms. The predicted molar refractivity (Wildman–Crippen MR) is 53.9 cm³/mol. The van der Waals surface area contributed by atoms with Crippen molar-refractivity contribution in [2.75, 3.05) is 0 Å². The number of carbonyl (C=O) groups excluding carboxylic acids is 1. The van der Waals surface area contributed by atoms with Gasteiger partial charge in [-0.1, -0.05) is 6.92 Å². The Hall–Kier alpha value is -2.19. The molecule has 0 aliphatic rings. The van der Waals surface area contributed by atoms with Crippen LogP contribution in [-0.2, 0) is 11.2 Å². The zero-order valence-electron chi connectivity index (χ0n) is 9.45. The second-order valence-electron chi connectivity index (χ2n) is 3.41. The fraction of sp³-hybridized carbons (Fsp3) is 0.300. The number of hydrogen-bond donors (Lipinski definition) is 0. The highest BCUT2D eigenvalue weighted by Gasteiger charge is 2.36. The molecule has 9 heteroatoms. The first kappa shape index (κ1) is 14.9. The van der Waals surface area contributed by atoms with E-state index in [0.717, 1.165) is 6.07 Å². The smallest absolute Gasteiger partial charge is 0.369 e. The first-order valence-electron chi connectivity index (χ1n) is 4.92. The molecule has 0 fully saturated rings. The van der Waals surface area contributed by atoms with E-state index in [4.69, 9.17) is 0 Å². The molecule has 0 aliphatic carbocycles. The highest BCUT2D eigenvalue weighted by atomic mass is 19.4. The van der Waals surface area contributed by atoms with Crippen LogP contribution >= 0.6 is 0 Å². The molecule has 0 N–H and O–H groups in total. The molecule has 0 bridgehead atoms. The van der Waals surface area contributed by atoms with Crippen molar-refractivity contribution < 1.29 is 32.0 Å². The SMILES string of the molecule is CCc1cc([N+](=O)[O-])cc(C(=O)OC(F)(F)F)c1F. The van der Waals surface area contributed by atoms with E-state index < -0.39 is 34.3 Å². The average Bonchev–Trinajstić information content (AvgIpc) is 2.26. The maximum absolute atomic E-state index is 13.7. The van der Waals surface area contributed by atoms with Crippen LogP contribution in [0.2, 0.25) is 0 Å². The molecule has 19 heavy (non-hydrogen) atoms. The number of aryl methyl sites for hydroxylation is 1. The largest absolute Gasteiger partial charge is 0.575 e. The van der Waals surface area contributed by atoms with Crippen molar-refractivity contribution in [1.82, 2.24) is 0 Å². The third-order valence-corrected chi connectivity index (χ3v) is 2.15. The first-order chi connectivity index (χ1) is 8.65. The summed E-state index contributed by atoms with van der Waals surface area (Å²) >= 11 is 0. The molecule has 0 atom stereocenters. The Balaban J connectivity index is 3.29. The fourth-order valence-electron chi connectivity index (χ4n) is 1.34. The first-order valence-corrected chi connectivity index (χ1v) is 4.92. The number of ether oxygens (including phenoxy) is 1. The highest BCUT2D eigenvalue weighted by molar-refractivity contribution is 5.91. The van der Waals surface area contributed by atoms with Crippen LogP contribution in [0.25, 0.3) is 0 Å². The number of halogens is 4. The lowest BCUT2D eigenvalue weighted by Crippen LogP contribution is -2.20. The summed E-state index contributed by atoms with van der Waals surface area (Å²) in [6.45, 7) is 1.43. The average molecular weight is 281 g/mol. The predicted octanol–water partition coefficient (Wildman–Crippen LogP) is 2.97. The summed E-state index contributed by atoms with van der Waals surface area (Å²) in [7, 11) is 0. The Labute approximate surface area is 103 Å². The number of benzene rings is 1. The zero-order chi connectivity index (χ0) is 14.8. The van der Waals surface area contributed by atoms with Crippen LogP contribution in [0, 0.1) is 15.9 Å². The van der Waals surface area contributed by atoms with E-state index in [2.05, 4.69) is 4.74 Å². The molecule has 0 saturated heterocycles. The summed E-state index contributed by atoms with van der Waals surface area (Å²) in [5.41, 5.74) is -2.06. The van der Waals surface area contributed by atoms with Gasteiger partial charge in [-0.3, -0.25) is 10.1 Å². The highest BCUT2D eigenvalue weighted by Crippen LogP contribution is 2.25. The Bertz CT molecular complexity index is 527. The van der Waals surface area contributed by atoms with Gasteiger partial charge in [0.15, 0.2) is 0 Å². The van der Waals surface area contributed by atoms with Gasteiger partial charge in [-0.05, 0) is 12.0 Å². The van der Waals surface area contributed by atoms with Gasteiger partial charge in [0.1, 0.15) is 11.4 Å². The number of nitrogens with zero attached hydrogens (tertiary/aromatic N) is 1. The fourth-order valence-corrected chi connectivity index (χ4v) is 1.34. The van der Waals surface area contributed by atoms with Crippen LogP contribution in [0.3, 0.4) is 0 Å². The molecule has 0 heterocycles. The summed E-state index contributed by atoms with van der Waals surface area (Å²) in [5.74, 6) is -3.29. The second-order valence-corrected chi connectivity index (χ2v) is 3.41. The van der Waals surface area contributed by atoms with Crippen LogP contribution in [0.1, 0.15) is 22.8 Å². The summed E-state index contributed by atoms with van der Waals surface area (Å²) in [4.78, 5) is 20.7. The van der Waals surface area contributed by atoms with E-state index in [-0.39, 0.29) is 12.0 Å².